The third-order valence-electron chi connectivity index (χ3n) is 7.40. The molecule has 0 unspecified atom stereocenters. The number of hydrogen-bond acceptors (Lipinski definition) is 6. The quantitative estimate of drug-likeness (QED) is 0.347. The molecule has 1 saturated heterocycles. The summed E-state index contributed by atoms with van der Waals surface area (Å²) in [5.74, 6) is -4.81. The number of amides is 5. The number of nitrogens with one attached hydrogen (secondary N) is 4. The maximum atomic E-state index is 13.9. The van der Waals surface area contributed by atoms with Crippen molar-refractivity contribution in [3.63, 3.8) is 0 Å². The van der Waals surface area contributed by atoms with Crippen LogP contribution in [0, 0.1) is 17.6 Å². The molecule has 1 fully saturated rings. The van der Waals surface area contributed by atoms with E-state index >= 15 is 0 Å². The van der Waals surface area contributed by atoms with Gasteiger partial charge >= 0.3 is 0 Å². The van der Waals surface area contributed by atoms with Crippen LogP contribution in [-0.2, 0) is 36.8 Å². The van der Waals surface area contributed by atoms with Crippen molar-refractivity contribution in [3.05, 3.63) is 71.3 Å². The molecule has 45 heavy (non-hydrogen) atoms. The van der Waals surface area contributed by atoms with Crippen LogP contribution in [0.25, 0.3) is 0 Å². The van der Waals surface area contributed by atoms with E-state index in [-0.39, 0.29) is 30.9 Å². The molecule has 1 heterocycles. The first kappa shape index (κ1) is 35.5. The second-order valence-electron chi connectivity index (χ2n) is 11.5. The molecular weight excluding hydrogens is 604 g/mol. The van der Waals surface area contributed by atoms with Gasteiger partial charge in [-0.2, -0.15) is 11.8 Å². The van der Waals surface area contributed by atoms with E-state index in [4.69, 9.17) is 0 Å². The fraction of sp³-hybridized carbons (Fsp3) is 0.469. The number of thioether (sulfide) groups is 1. The van der Waals surface area contributed by atoms with Gasteiger partial charge in [0.15, 0.2) is 11.6 Å². The van der Waals surface area contributed by atoms with E-state index in [1.807, 2.05) is 36.6 Å². The molecule has 3 rings (SSSR count). The van der Waals surface area contributed by atoms with Gasteiger partial charge in [0.05, 0.1) is 19.0 Å². The number of rotatable bonds is 8. The molecule has 0 aromatic heterocycles. The van der Waals surface area contributed by atoms with E-state index in [9.17, 15) is 32.8 Å². The SMILES string of the molecule is CSCC[C@@H]1NC(=O)[C@H](C(C)C)NC(=O)CN(C(=O)Cc2ccc(F)c(F)c2)C[C@@H](Cc2ccccc2)NC(=O)[C@H](C)NC1=O. The molecule has 10 nitrogen and oxygen atoms in total. The molecule has 1 aliphatic heterocycles. The topological polar surface area (TPSA) is 137 Å². The number of nitrogens with zero attached hydrogens (tertiary/aromatic N) is 1. The van der Waals surface area contributed by atoms with Crippen molar-refractivity contribution < 1.29 is 32.8 Å². The van der Waals surface area contributed by atoms with E-state index in [2.05, 4.69) is 21.3 Å². The normalized spacial score (nSPS) is 22.1. The molecule has 4 atom stereocenters. The second kappa shape index (κ2) is 16.9. The molecule has 0 spiro atoms. The van der Waals surface area contributed by atoms with Crippen molar-refractivity contribution in [2.24, 2.45) is 5.92 Å². The van der Waals surface area contributed by atoms with Crippen LogP contribution in [-0.4, -0.2) is 83.7 Å². The van der Waals surface area contributed by atoms with Crippen LogP contribution in [0.1, 0.15) is 38.3 Å². The van der Waals surface area contributed by atoms with Gasteiger partial charge in [0.1, 0.15) is 18.1 Å². The first-order valence-corrected chi connectivity index (χ1v) is 16.2. The van der Waals surface area contributed by atoms with Crippen LogP contribution in [0.2, 0.25) is 0 Å². The highest BCUT2D eigenvalue weighted by Gasteiger charge is 2.32. The van der Waals surface area contributed by atoms with E-state index in [0.717, 1.165) is 17.7 Å². The Labute approximate surface area is 266 Å². The van der Waals surface area contributed by atoms with Crippen molar-refractivity contribution in [1.82, 2.24) is 26.2 Å². The summed E-state index contributed by atoms with van der Waals surface area (Å²) in [5, 5.41) is 11.0. The lowest BCUT2D eigenvalue weighted by Crippen LogP contribution is -2.57. The van der Waals surface area contributed by atoms with Gasteiger partial charge in [0.25, 0.3) is 0 Å². The van der Waals surface area contributed by atoms with Crippen molar-refractivity contribution >= 4 is 41.3 Å². The molecule has 2 aromatic rings. The number of carbonyl (C=O) groups is 5. The molecular formula is C32H41F2N5O5S. The number of hydrogen-bond donors (Lipinski definition) is 4. The van der Waals surface area contributed by atoms with Crippen LogP contribution in [0.4, 0.5) is 8.78 Å². The maximum Gasteiger partial charge on any atom is 0.243 e. The number of halogens is 2. The number of carbonyl (C=O) groups excluding carboxylic acids is 5. The highest BCUT2D eigenvalue weighted by molar-refractivity contribution is 7.98. The van der Waals surface area contributed by atoms with E-state index in [0.29, 0.717) is 12.2 Å². The lowest BCUT2D eigenvalue weighted by Gasteiger charge is -2.30. The van der Waals surface area contributed by atoms with Crippen LogP contribution >= 0.6 is 11.8 Å². The fourth-order valence-corrected chi connectivity index (χ4v) is 5.39. The summed E-state index contributed by atoms with van der Waals surface area (Å²) in [7, 11) is 0. The Morgan fingerprint density at radius 3 is 2.27 bits per heavy atom. The first-order chi connectivity index (χ1) is 21.4. The van der Waals surface area contributed by atoms with Crippen molar-refractivity contribution in [1.29, 1.82) is 0 Å². The molecule has 13 heteroatoms. The Balaban J connectivity index is 1.99. The molecule has 4 N–H and O–H groups in total. The lowest BCUT2D eigenvalue weighted by atomic mass is 10.0. The highest BCUT2D eigenvalue weighted by Crippen LogP contribution is 2.13. The summed E-state index contributed by atoms with van der Waals surface area (Å²) in [6.07, 6.45) is 2.11. The average molecular weight is 646 g/mol. The van der Waals surface area contributed by atoms with Crippen LogP contribution < -0.4 is 21.3 Å². The van der Waals surface area contributed by atoms with E-state index in [1.165, 1.54) is 29.7 Å². The molecule has 1 aliphatic rings. The minimum atomic E-state index is -1.11. The Morgan fingerprint density at radius 2 is 1.62 bits per heavy atom. The molecule has 2 aromatic carbocycles. The highest BCUT2D eigenvalue weighted by atomic mass is 32.2. The van der Waals surface area contributed by atoms with Gasteiger partial charge in [-0.25, -0.2) is 8.78 Å². The van der Waals surface area contributed by atoms with Gasteiger partial charge in [-0.3, -0.25) is 24.0 Å². The van der Waals surface area contributed by atoms with Crippen LogP contribution in [0.3, 0.4) is 0 Å². The molecule has 5 amide bonds. The van der Waals surface area contributed by atoms with Gasteiger partial charge in [-0.1, -0.05) is 50.2 Å². The van der Waals surface area contributed by atoms with Gasteiger partial charge in [0.2, 0.25) is 29.5 Å². The van der Waals surface area contributed by atoms with Crippen LogP contribution in [0.5, 0.6) is 0 Å². The van der Waals surface area contributed by atoms with Gasteiger partial charge in [-0.15, -0.1) is 0 Å². The predicted octanol–water partition coefficient (Wildman–Crippen LogP) is 1.96. The Hall–Kier alpha value is -4.00. The minimum Gasteiger partial charge on any atom is -0.349 e. The maximum absolute atomic E-state index is 13.9. The molecule has 0 aliphatic carbocycles. The summed E-state index contributed by atoms with van der Waals surface area (Å²) in [6.45, 7) is 4.41. The summed E-state index contributed by atoms with van der Waals surface area (Å²) < 4.78 is 27.5. The molecule has 0 bridgehead atoms. The zero-order valence-electron chi connectivity index (χ0n) is 25.9. The van der Waals surface area contributed by atoms with Gasteiger partial charge < -0.3 is 26.2 Å². The lowest BCUT2D eigenvalue weighted by molar-refractivity contribution is -0.137. The van der Waals surface area contributed by atoms with Gasteiger partial charge in [0, 0.05) is 6.54 Å². The minimum absolute atomic E-state index is 0.119. The third kappa shape index (κ3) is 10.8. The van der Waals surface area contributed by atoms with E-state index < -0.39 is 71.9 Å². The Bertz CT molecular complexity index is 1360. The van der Waals surface area contributed by atoms with Crippen LogP contribution in [0.15, 0.2) is 48.5 Å². The zero-order chi connectivity index (χ0) is 33.1. The summed E-state index contributed by atoms with van der Waals surface area (Å²) in [5.41, 5.74) is 1.05. The van der Waals surface area contributed by atoms with Crippen molar-refractivity contribution in [2.45, 2.75) is 64.2 Å². The van der Waals surface area contributed by atoms with E-state index in [1.54, 1.807) is 13.8 Å². The second-order valence-corrected chi connectivity index (χ2v) is 12.4. The monoisotopic (exact) mass is 645 g/mol. The first-order valence-electron chi connectivity index (χ1n) is 14.8. The largest absolute Gasteiger partial charge is 0.349 e. The van der Waals surface area contributed by atoms with Gasteiger partial charge in [-0.05, 0) is 61.0 Å². The zero-order valence-corrected chi connectivity index (χ0v) is 26.7. The summed E-state index contributed by atoms with van der Waals surface area (Å²) in [4.78, 5) is 68.1. The molecule has 0 saturated carbocycles. The molecule has 244 valence electrons. The molecule has 0 radical (unpaired) electrons. The van der Waals surface area contributed by atoms with Crippen molar-refractivity contribution in [3.8, 4) is 0 Å². The van der Waals surface area contributed by atoms with Crippen molar-refractivity contribution in [2.75, 3.05) is 25.1 Å². The fourth-order valence-electron chi connectivity index (χ4n) is 4.92. The smallest absolute Gasteiger partial charge is 0.243 e. The third-order valence-corrected chi connectivity index (χ3v) is 8.04. The Kier molecular flexibility index (Phi) is 13.3. The Morgan fingerprint density at radius 1 is 0.911 bits per heavy atom. The predicted molar refractivity (Wildman–Crippen MR) is 168 cm³/mol. The number of benzene rings is 2. The summed E-state index contributed by atoms with van der Waals surface area (Å²) in [6, 6.07) is 8.68. The average Bonchev–Trinajstić information content (AvgIpc) is 2.99. The standard InChI is InChI=1S/C32H41F2N5O5S/c1-19(2)29-32(44)37-26(12-13-45-4)31(43)35-20(3)30(42)36-23(14-21-8-6-5-7-9-21)17-39(18-27(40)38-29)28(41)16-22-10-11-24(33)25(34)15-22/h5-11,15,19-20,23,26,29H,12-14,16-18H2,1-4H3,(H,35,43)(H,36,42)(H,37,44)(H,38,40)/t20-,23+,26-,29-/m0/s1. The summed E-state index contributed by atoms with van der Waals surface area (Å²) >= 11 is 1.49.